The summed E-state index contributed by atoms with van der Waals surface area (Å²) in [6, 6.07) is 24.4. The van der Waals surface area contributed by atoms with Gasteiger partial charge in [-0.3, -0.25) is 29.4 Å². The van der Waals surface area contributed by atoms with Crippen LogP contribution < -0.4 is 16.0 Å². The van der Waals surface area contributed by atoms with Crippen molar-refractivity contribution in [3.63, 3.8) is 0 Å². The Labute approximate surface area is 338 Å². The first-order chi connectivity index (χ1) is 28.0. The van der Waals surface area contributed by atoms with Crippen molar-refractivity contribution < 1.29 is 32.7 Å². The lowest BCUT2D eigenvalue weighted by atomic mass is 9.82. The molecule has 0 aromatic heterocycles. The number of anilines is 2. The maximum absolute atomic E-state index is 14.0. The van der Waals surface area contributed by atoms with E-state index in [1.165, 1.54) is 0 Å². The fourth-order valence-electron chi connectivity index (χ4n) is 8.66. The van der Waals surface area contributed by atoms with Crippen molar-refractivity contribution in [2.45, 2.75) is 74.9 Å². The van der Waals surface area contributed by atoms with E-state index in [1.807, 2.05) is 55.5 Å². The fraction of sp³-hybridized carbons (Fsp3) is 0.333. The molecule has 4 heterocycles. The number of unbranched alkanes of at least 4 members (excludes halogenated alkanes) is 3. The molecular weight excluding hydrogens is 755 g/mol. The monoisotopic (exact) mass is 799 g/mol. The van der Waals surface area contributed by atoms with Gasteiger partial charge in [0.1, 0.15) is 6.04 Å². The third-order valence-corrected chi connectivity index (χ3v) is 13.5. The number of hydrogen-bond donors (Lipinski definition) is 4. The minimum absolute atomic E-state index is 0.0690. The van der Waals surface area contributed by atoms with Gasteiger partial charge in [0.25, 0.3) is 11.8 Å². The number of aryl methyl sites for hydroxylation is 1. The Morgan fingerprint density at radius 1 is 0.879 bits per heavy atom. The Morgan fingerprint density at radius 3 is 2.47 bits per heavy atom. The topological polar surface area (TPSA) is 165 Å². The van der Waals surface area contributed by atoms with Crippen LogP contribution in [0.4, 0.5) is 11.4 Å². The van der Waals surface area contributed by atoms with Crippen molar-refractivity contribution in [3.8, 4) is 23.0 Å². The van der Waals surface area contributed by atoms with Gasteiger partial charge in [0.15, 0.2) is 0 Å². The highest BCUT2D eigenvalue weighted by molar-refractivity contribution is 7.89. The zero-order chi connectivity index (χ0) is 40.6. The van der Waals surface area contributed by atoms with Crippen molar-refractivity contribution >= 4 is 45.0 Å². The Balaban J connectivity index is 0.881. The lowest BCUT2D eigenvalue weighted by Crippen LogP contribution is -2.54. The van der Waals surface area contributed by atoms with E-state index in [-0.39, 0.29) is 47.4 Å². The van der Waals surface area contributed by atoms with Gasteiger partial charge in [0, 0.05) is 48.8 Å². The molecule has 4 N–H and O–H groups in total. The van der Waals surface area contributed by atoms with Gasteiger partial charge in [-0.25, -0.2) is 8.42 Å². The van der Waals surface area contributed by atoms with Gasteiger partial charge in [0.05, 0.1) is 34.7 Å². The molecule has 1 unspecified atom stereocenters. The largest absolute Gasteiger partial charge is 0.394 e. The van der Waals surface area contributed by atoms with E-state index >= 15 is 0 Å². The molecule has 4 aliphatic rings. The van der Waals surface area contributed by atoms with E-state index in [1.54, 1.807) is 34.6 Å². The second kappa shape index (κ2) is 16.2. The summed E-state index contributed by atoms with van der Waals surface area (Å²) in [5, 5.41) is 19.3. The molecule has 8 rings (SSSR count). The number of hydrogen-bond acceptors (Lipinski definition) is 9. The normalized spacial score (nSPS) is 21.4. The zero-order valence-electron chi connectivity index (χ0n) is 32.2. The number of piperidine rings is 1. The maximum atomic E-state index is 14.0. The third kappa shape index (κ3) is 7.39. The van der Waals surface area contributed by atoms with Crippen LogP contribution in [0, 0.1) is 24.7 Å². The highest BCUT2D eigenvalue weighted by Crippen LogP contribution is 2.49. The molecule has 58 heavy (non-hydrogen) atoms. The second-order valence-electron chi connectivity index (χ2n) is 15.4. The van der Waals surface area contributed by atoms with E-state index in [2.05, 4.69) is 33.9 Å². The van der Waals surface area contributed by atoms with Crippen molar-refractivity contribution in [2.24, 2.45) is 5.92 Å². The van der Waals surface area contributed by atoms with Gasteiger partial charge in [0.2, 0.25) is 21.8 Å². The average molecular weight is 800 g/mol. The fourth-order valence-corrected chi connectivity index (χ4v) is 10.3. The predicted molar refractivity (Wildman–Crippen MR) is 219 cm³/mol. The lowest BCUT2D eigenvalue weighted by molar-refractivity contribution is -0.136. The summed E-state index contributed by atoms with van der Waals surface area (Å²) in [6.07, 6.45) is 4.10. The number of benzene rings is 4. The standard InChI is InChI=1S/C45H45N5O7S/c1-28-14-17-32(18-15-28)58(56,57)49-24-22-33-38(27-51)47-36-19-16-31(26-35(36)42(33)49)30-11-7-10-29(25-30)9-5-3-2-4-6-23-46-37-13-8-12-34-41(37)45(55)50(44(34)54)39-20-21-40(52)48-43(39)53/h7-8,10-19,25-26,33,38-39,42,46-47,51H,2-4,6,20-24,27H2,1H3,(H,48,52,53)/t33-,38+,39?,42-/m1/s1. The molecule has 4 aromatic carbocycles. The van der Waals surface area contributed by atoms with Gasteiger partial charge in [-0.2, -0.15) is 4.31 Å². The number of nitrogens with zero attached hydrogens (tertiary/aromatic N) is 2. The van der Waals surface area contributed by atoms with Crippen LogP contribution in [0.25, 0.3) is 11.1 Å². The first-order valence-electron chi connectivity index (χ1n) is 19.8. The second-order valence-corrected chi connectivity index (χ2v) is 17.2. The number of rotatable bonds is 11. The van der Waals surface area contributed by atoms with Crippen molar-refractivity contribution in [1.82, 2.24) is 14.5 Å². The summed E-state index contributed by atoms with van der Waals surface area (Å²) in [4.78, 5) is 51.8. The van der Waals surface area contributed by atoms with E-state index < -0.39 is 45.7 Å². The van der Waals surface area contributed by atoms with E-state index in [4.69, 9.17) is 0 Å². The number of aliphatic hydroxyl groups is 1. The molecule has 0 saturated carbocycles. The summed E-state index contributed by atoms with van der Waals surface area (Å²) < 4.78 is 29.6. The number of amides is 4. The maximum Gasteiger partial charge on any atom is 0.264 e. The molecule has 13 heteroatoms. The SMILES string of the molecule is Cc1ccc(S(=O)(=O)N2CC[C@@H]3[C@H](CO)Nc4ccc(-c5cccc(C#CCCCCCNc6cccc7c6C(=O)N(C6CCC(=O)NC6=O)C7=O)c5)cc4[C@@H]32)cc1. The van der Waals surface area contributed by atoms with Gasteiger partial charge in [-0.1, -0.05) is 60.2 Å². The van der Waals surface area contributed by atoms with Crippen LogP contribution >= 0.6 is 0 Å². The molecule has 2 saturated heterocycles. The molecular formula is C45H45N5O7S. The van der Waals surface area contributed by atoms with Crippen LogP contribution in [0.1, 0.15) is 88.4 Å². The Hall–Kier alpha value is -5.81. The molecule has 0 radical (unpaired) electrons. The first-order valence-corrected chi connectivity index (χ1v) is 21.3. The number of fused-ring (bicyclic) bond motifs is 4. The van der Waals surface area contributed by atoms with Crippen LogP contribution in [0.15, 0.2) is 89.8 Å². The van der Waals surface area contributed by atoms with Gasteiger partial charge < -0.3 is 15.7 Å². The smallest absolute Gasteiger partial charge is 0.264 e. The summed E-state index contributed by atoms with van der Waals surface area (Å²) in [5.74, 6) is 4.40. The molecule has 4 aliphatic heterocycles. The summed E-state index contributed by atoms with van der Waals surface area (Å²) >= 11 is 0. The molecule has 0 bridgehead atoms. The number of sulfonamides is 1. The quantitative estimate of drug-likeness (QED) is 0.0856. The summed E-state index contributed by atoms with van der Waals surface area (Å²) in [6.45, 7) is 2.80. The number of carbonyl (C=O) groups excluding carboxylic acids is 4. The van der Waals surface area contributed by atoms with Gasteiger partial charge >= 0.3 is 0 Å². The van der Waals surface area contributed by atoms with Crippen LogP contribution in [-0.2, 0) is 19.6 Å². The van der Waals surface area contributed by atoms with Crippen LogP contribution in [-0.4, -0.2) is 78.1 Å². The number of nitrogens with one attached hydrogen (secondary N) is 3. The van der Waals surface area contributed by atoms with Gasteiger partial charge in [-0.15, -0.1) is 0 Å². The first kappa shape index (κ1) is 39.0. The number of carbonyl (C=O) groups is 4. The van der Waals surface area contributed by atoms with Crippen molar-refractivity contribution in [3.05, 3.63) is 113 Å². The molecule has 0 aliphatic carbocycles. The van der Waals surface area contributed by atoms with E-state index in [0.717, 1.165) is 57.7 Å². The minimum atomic E-state index is -3.77. The van der Waals surface area contributed by atoms with Crippen LogP contribution in [0.3, 0.4) is 0 Å². The molecule has 4 aromatic rings. The van der Waals surface area contributed by atoms with Crippen molar-refractivity contribution in [2.75, 3.05) is 30.3 Å². The highest BCUT2D eigenvalue weighted by atomic mass is 32.2. The van der Waals surface area contributed by atoms with Gasteiger partial charge in [-0.05, 0) is 97.8 Å². The highest BCUT2D eigenvalue weighted by Gasteiger charge is 2.49. The number of imide groups is 2. The van der Waals surface area contributed by atoms with Crippen LogP contribution in [0.2, 0.25) is 0 Å². The summed E-state index contributed by atoms with van der Waals surface area (Å²) in [7, 11) is -3.77. The number of aliphatic hydroxyl groups excluding tert-OH is 1. The van der Waals surface area contributed by atoms with Crippen LogP contribution in [0.5, 0.6) is 0 Å². The van der Waals surface area contributed by atoms with Crippen molar-refractivity contribution in [1.29, 1.82) is 0 Å². The molecule has 4 atom stereocenters. The molecule has 2 fully saturated rings. The molecule has 0 spiro atoms. The van der Waals surface area contributed by atoms with E-state index in [0.29, 0.717) is 31.6 Å². The Morgan fingerprint density at radius 2 is 1.67 bits per heavy atom. The average Bonchev–Trinajstić information content (AvgIpc) is 3.79. The predicted octanol–water partition coefficient (Wildman–Crippen LogP) is 5.63. The lowest BCUT2D eigenvalue weighted by Gasteiger charge is -2.39. The Bertz CT molecular complexity index is 2470. The zero-order valence-corrected chi connectivity index (χ0v) is 33.0. The van der Waals surface area contributed by atoms with E-state index in [9.17, 15) is 32.7 Å². The molecule has 298 valence electrons. The molecule has 4 amide bonds. The summed E-state index contributed by atoms with van der Waals surface area (Å²) in [5.41, 5.74) is 6.57. The Kier molecular flexibility index (Phi) is 10.9. The molecule has 12 nitrogen and oxygen atoms in total. The minimum Gasteiger partial charge on any atom is -0.394 e. The third-order valence-electron chi connectivity index (χ3n) is 11.6.